The minimum absolute atomic E-state index is 0.0722. The predicted octanol–water partition coefficient (Wildman–Crippen LogP) is 3.17. The first-order valence-corrected chi connectivity index (χ1v) is 8.52. The Morgan fingerprint density at radius 1 is 1.35 bits per heavy atom. The fourth-order valence-corrected chi connectivity index (χ4v) is 3.14. The van der Waals surface area contributed by atoms with E-state index >= 15 is 0 Å². The highest BCUT2D eigenvalue weighted by Crippen LogP contribution is 2.31. The minimum atomic E-state index is -0.287. The standard InChI is InChI=1S/C16H19ClN4OS/c1-4-12-13(10-5-7-11(17)8-6-10)14(18)21-16(20-12)23-9(2)15(22)19-3/h5-9H,4H2,1-3H3,(H,19,22)(H2,18,20,21)/t9-/m0/s1. The van der Waals surface area contributed by atoms with Crippen LogP contribution in [-0.4, -0.2) is 28.2 Å². The number of nitrogens with two attached hydrogens (primary N) is 1. The van der Waals surface area contributed by atoms with Gasteiger partial charge in [0.25, 0.3) is 0 Å². The van der Waals surface area contributed by atoms with Crippen LogP contribution in [0.2, 0.25) is 5.02 Å². The highest BCUT2D eigenvalue weighted by Gasteiger charge is 2.18. The van der Waals surface area contributed by atoms with E-state index in [0.717, 1.165) is 16.8 Å². The summed E-state index contributed by atoms with van der Waals surface area (Å²) in [7, 11) is 1.61. The molecule has 0 bridgehead atoms. The summed E-state index contributed by atoms with van der Waals surface area (Å²) in [5.41, 5.74) is 8.76. The number of aryl methyl sites for hydroxylation is 1. The van der Waals surface area contributed by atoms with Crippen molar-refractivity contribution in [2.24, 2.45) is 0 Å². The van der Waals surface area contributed by atoms with Crippen LogP contribution in [0.3, 0.4) is 0 Å². The van der Waals surface area contributed by atoms with E-state index in [1.54, 1.807) is 7.05 Å². The Kier molecular flexibility index (Phi) is 5.85. The molecule has 5 nitrogen and oxygen atoms in total. The lowest BCUT2D eigenvalue weighted by atomic mass is 10.0. The van der Waals surface area contributed by atoms with E-state index in [1.807, 2.05) is 38.1 Å². The third kappa shape index (κ3) is 4.14. The van der Waals surface area contributed by atoms with Gasteiger partial charge in [-0.2, -0.15) is 0 Å². The molecule has 0 radical (unpaired) electrons. The lowest BCUT2D eigenvalue weighted by Crippen LogP contribution is -2.27. The fraction of sp³-hybridized carbons (Fsp3) is 0.312. The molecule has 7 heteroatoms. The molecule has 0 aliphatic heterocycles. The van der Waals surface area contributed by atoms with Gasteiger partial charge in [-0.25, -0.2) is 9.97 Å². The number of thioether (sulfide) groups is 1. The van der Waals surface area contributed by atoms with Crippen LogP contribution in [0.1, 0.15) is 19.5 Å². The molecule has 1 atom stereocenters. The Balaban J connectivity index is 2.39. The van der Waals surface area contributed by atoms with E-state index in [1.165, 1.54) is 11.8 Å². The zero-order valence-corrected chi connectivity index (χ0v) is 14.8. The Morgan fingerprint density at radius 2 is 2.00 bits per heavy atom. The topological polar surface area (TPSA) is 80.9 Å². The maximum Gasteiger partial charge on any atom is 0.233 e. The van der Waals surface area contributed by atoms with Crippen LogP contribution in [0.25, 0.3) is 11.1 Å². The molecule has 2 rings (SSSR count). The molecule has 1 heterocycles. The van der Waals surface area contributed by atoms with Crippen LogP contribution in [-0.2, 0) is 11.2 Å². The largest absolute Gasteiger partial charge is 0.383 e. The van der Waals surface area contributed by atoms with Crippen LogP contribution in [0.4, 0.5) is 5.82 Å². The van der Waals surface area contributed by atoms with Gasteiger partial charge in [0.1, 0.15) is 5.82 Å². The molecule has 2 aromatic rings. The summed E-state index contributed by atoms with van der Waals surface area (Å²) in [6.07, 6.45) is 0.715. The van der Waals surface area contributed by atoms with Gasteiger partial charge in [-0.1, -0.05) is 42.4 Å². The second kappa shape index (κ2) is 7.66. The second-order valence-corrected chi connectivity index (χ2v) is 6.69. The van der Waals surface area contributed by atoms with Gasteiger partial charge in [-0.3, -0.25) is 4.79 Å². The molecule has 23 heavy (non-hydrogen) atoms. The van der Waals surface area contributed by atoms with Crippen molar-refractivity contribution in [1.82, 2.24) is 15.3 Å². The van der Waals surface area contributed by atoms with Crippen molar-refractivity contribution in [1.29, 1.82) is 0 Å². The summed E-state index contributed by atoms with van der Waals surface area (Å²) >= 11 is 7.23. The maximum atomic E-state index is 11.6. The van der Waals surface area contributed by atoms with Gasteiger partial charge < -0.3 is 11.1 Å². The van der Waals surface area contributed by atoms with Crippen molar-refractivity contribution in [3.8, 4) is 11.1 Å². The number of hydrogen-bond donors (Lipinski definition) is 2. The quantitative estimate of drug-likeness (QED) is 0.639. The van der Waals surface area contributed by atoms with Gasteiger partial charge in [0, 0.05) is 17.6 Å². The highest BCUT2D eigenvalue weighted by molar-refractivity contribution is 8.00. The Bertz CT molecular complexity index is 706. The van der Waals surface area contributed by atoms with E-state index in [-0.39, 0.29) is 11.2 Å². The number of nitrogens with zero attached hydrogens (tertiary/aromatic N) is 2. The number of carbonyl (C=O) groups is 1. The molecular formula is C16H19ClN4OS. The van der Waals surface area contributed by atoms with Gasteiger partial charge in [0.2, 0.25) is 5.91 Å². The molecule has 0 fully saturated rings. The van der Waals surface area contributed by atoms with Crippen molar-refractivity contribution in [2.45, 2.75) is 30.7 Å². The van der Waals surface area contributed by atoms with Crippen LogP contribution < -0.4 is 11.1 Å². The molecule has 1 aromatic heterocycles. The third-order valence-electron chi connectivity index (χ3n) is 3.36. The number of carbonyl (C=O) groups excluding carboxylic acids is 1. The smallest absolute Gasteiger partial charge is 0.233 e. The molecule has 3 N–H and O–H groups in total. The summed E-state index contributed by atoms with van der Waals surface area (Å²) < 4.78 is 0. The van der Waals surface area contributed by atoms with Gasteiger partial charge >= 0.3 is 0 Å². The molecule has 0 saturated carbocycles. The van der Waals surface area contributed by atoms with Gasteiger partial charge in [-0.05, 0) is 31.0 Å². The average Bonchev–Trinajstić information content (AvgIpc) is 2.54. The van der Waals surface area contributed by atoms with Crippen molar-refractivity contribution in [3.63, 3.8) is 0 Å². The summed E-state index contributed by atoms with van der Waals surface area (Å²) in [6, 6.07) is 7.42. The molecule has 0 spiro atoms. The summed E-state index contributed by atoms with van der Waals surface area (Å²) in [6.45, 7) is 3.82. The molecule has 0 aliphatic carbocycles. The lowest BCUT2D eigenvalue weighted by Gasteiger charge is -2.14. The first-order valence-electron chi connectivity index (χ1n) is 7.26. The summed E-state index contributed by atoms with van der Waals surface area (Å²) in [4.78, 5) is 20.6. The predicted molar refractivity (Wildman–Crippen MR) is 95.7 cm³/mol. The average molecular weight is 351 g/mol. The number of nitrogen functional groups attached to an aromatic ring is 1. The van der Waals surface area contributed by atoms with Crippen LogP contribution in [0.15, 0.2) is 29.4 Å². The van der Waals surface area contributed by atoms with E-state index < -0.39 is 0 Å². The second-order valence-electron chi connectivity index (χ2n) is 4.95. The number of aromatic nitrogens is 2. The van der Waals surface area contributed by atoms with E-state index in [9.17, 15) is 4.79 Å². The Morgan fingerprint density at radius 3 is 2.57 bits per heavy atom. The number of nitrogens with one attached hydrogen (secondary N) is 1. The zero-order chi connectivity index (χ0) is 17.0. The van der Waals surface area contributed by atoms with Crippen molar-refractivity contribution in [2.75, 3.05) is 12.8 Å². The number of hydrogen-bond acceptors (Lipinski definition) is 5. The van der Waals surface area contributed by atoms with E-state index in [4.69, 9.17) is 17.3 Å². The van der Waals surface area contributed by atoms with Crippen LogP contribution in [0, 0.1) is 0 Å². The molecule has 0 saturated heterocycles. The number of rotatable bonds is 5. The number of amides is 1. The normalized spacial score (nSPS) is 12.0. The zero-order valence-electron chi connectivity index (χ0n) is 13.3. The van der Waals surface area contributed by atoms with E-state index in [2.05, 4.69) is 15.3 Å². The van der Waals surface area contributed by atoms with Gasteiger partial charge in [0.05, 0.1) is 10.9 Å². The highest BCUT2D eigenvalue weighted by atomic mass is 35.5. The van der Waals surface area contributed by atoms with Crippen molar-refractivity contribution < 1.29 is 4.79 Å². The van der Waals surface area contributed by atoms with Crippen molar-refractivity contribution >= 4 is 35.1 Å². The SMILES string of the molecule is CCc1nc(S[C@@H](C)C(=O)NC)nc(N)c1-c1ccc(Cl)cc1. The molecule has 1 amide bonds. The number of halogens is 1. The summed E-state index contributed by atoms with van der Waals surface area (Å²) in [5.74, 6) is 0.336. The first-order chi connectivity index (χ1) is 11.0. The fourth-order valence-electron chi connectivity index (χ4n) is 2.16. The third-order valence-corrected chi connectivity index (χ3v) is 4.57. The molecule has 0 unspecified atom stereocenters. The van der Waals surface area contributed by atoms with Crippen LogP contribution in [0.5, 0.6) is 0 Å². The molecular weight excluding hydrogens is 332 g/mol. The first kappa shape index (κ1) is 17.6. The summed E-state index contributed by atoms with van der Waals surface area (Å²) in [5, 5.41) is 3.50. The molecule has 0 aliphatic rings. The number of benzene rings is 1. The van der Waals surface area contributed by atoms with Gasteiger partial charge in [-0.15, -0.1) is 0 Å². The lowest BCUT2D eigenvalue weighted by molar-refractivity contribution is -0.119. The monoisotopic (exact) mass is 350 g/mol. The molecule has 1 aromatic carbocycles. The Hall–Kier alpha value is -1.79. The molecule has 122 valence electrons. The maximum absolute atomic E-state index is 11.6. The van der Waals surface area contributed by atoms with Gasteiger partial charge in [0.15, 0.2) is 5.16 Å². The minimum Gasteiger partial charge on any atom is -0.383 e. The number of anilines is 1. The van der Waals surface area contributed by atoms with Crippen LogP contribution >= 0.6 is 23.4 Å². The van der Waals surface area contributed by atoms with E-state index in [0.29, 0.717) is 22.4 Å². The Labute approximate surface area is 145 Å². The van der Waals surface area contributed by atoms with Crippen molar-refractivity contribution in [3.05, 3.63) is 35.0 Å².